The van der Waals surface area contributed by atoms with Gasteiger partial charge in [-0.15, -0.1) is 0 Å². The van der Waals surface area contributed by atoms with Crippen LogP contribution in [0.2, 0.25) is 20.1 Å². The molecule has 0 saturated carbocycles. The molecule has 2 rings (SSSR count). The molecule has 0 amide bonds. The van der Waals surface area contributed by atoms with Gasteiger partial charge >= 0.3 is 0 Å². The zero-order valence-electron chi connectivity index (χ0n) is 9.46. The van der Waals surface area contributed by atoms with Crippen LogP contribution in [-0.2, 0) is 6.61 Å². The summed E-state index contributed by atoms with van der Waals surface area (Å²) in [5.41, 5.74) is 0.717. The van der Waals surface area contributed by atoms with Crippen molar-refractivity contribution in [3.05, 3.63) is 56.0 Å². The molecule has 0 heterocycles. The summed E-state index contributed by atoms with van der Waals surface area (Å²) in [4.78, 5) is 0. The minimum absolute atomic E-state index is 0.0249. The normalized spacial score (nSPS) is 10.5. The van der Waals surface area contributed by atoms with E-state index in [9.17, 15) is 5.11 Å². The molecule has 2 nitrogen and oxygen atoms in total. The van der Waals surface area contributed by atoms with Gasteiger partial charge in [0.2, 0.25) is 0 Å². The van der Waals surface area contributed by atoms with Crippen LogP contribution in [0.5, 0.6) is 11.5 Å². The van der Waals surface area contributed by atoms with Crippen molar-refractivity contribution in [3.8, 4) is 11.5 Å². The first-order valence-corrected chi connectivity index (χ1v) is 6.73. The molecule has 0 saturated heterocycles. The number of benzene rings is 2. The van der Waals surface area contributed by atoms with Crippen LogP contribution in [0.25, 0.3) is 0 Å². The van der Waals surface area contributed by atoms with Crippen molar-refractivity contribution in [3.63, 3.8) is 0 Å². The minimum Gasteiger partial charge on any atom is -0.508 e. The Kier molecular flexibility index (Phi) is 4.69. The Morgan fingerprint density at radius 2 is 1.53 bits per heavy atom. The molecule has 0 aromatic heterocycles. The van der Waals surface area contributed by atoms with Crippen molar-refractivity contribution in [1.82, 2.24) is 0 Å². The molecule has 1 N–H and O–H groups in total. The molecule has 2 aromatic rings. The lowest BCUT2D eigenvalue weighted by Gasteiger charge is -2.11. The molecule has 19 heavy (non-hydrogen) atoms. The number of hydrogen-bond donors (Lipinski definition) is 1. The smallest absolute Gasteiger partial charge is 0.157 e. The lowest BCUT2D eigenvalue weighted by atomic mass is 10.2. The third kappa shape index (κ3) is 3.61. The predicted molar refractivity (Wildman–Crippen MR) is 78.9 cm³/mol. The Morgan fingerprint density at radius 3 is 2.16 bits per heavy atom. The summed E-state index contributed by atoms with van der Waals surface area (Å²) < 4.78 is 5.53. The minimum atomic E-state index is -0.0249. The number of rotatable bonds is 3. The Labute approximate surface area is 130 Å². The highest BCUT2D eigenvalue weighted by atomic mass is 35.5. The van der Waals surface area contributed by atoms with Crippen molar-refractivity contribution >= 4 is 46.4 Å². The van der Waals surface area contributed by atoms with Crippen molar-refractivity contribution in [2.75, 3.05) is 0 Å². The molecule has 0 radical (unpaired) electrons. The fourth-order valence-corrected chi connectivity index (χ4v) is 2.44. The van der Waals surface area contributed by atoms with Gasteiger partial charge in [0, 0.05) is 27.7 Å². The van der Waals surface area contributed by atoms with Crippen LogP contribution < -0.4 is 4.74 Å². The van der Waals surface area contributed by atoms with E-state index < -0.39 is 0 Å². The second-order valence-electron chi connectivity index (χ2n) is 3.76. The number of ether oxygens (including phenoxy) is 1. The monoisotopic (exact) mass is 336 g/mol. The van der Waals surface area contributed by atoms with E-state index in [1.807, 2.05) is 0 Å². The zero-order valence-corrected chi connectivity index (χ0v) is 12.5. The van der Waals surface area contributed by atoms with Crippen molar-refractivity contribution in [2.24, 2.45) is 0 Å². The van der Waals surface area contributed by atoms with Crippen molar-refractivity contribution in [1.29, 1.82) is 0 Å². The van der Waals surface area contributed by atoms with E-state index in [-0.39, 0.29) is 28.2 Å². The lowest BCUT2D eigenvalue weighted by molar-refractivity contribution is 0.306. The molecular formula is C13H8Cl4O2. The summed E-state index contributed by atoms with van der Waals surface area (Å²) in [6.07, 6.45) is 0. The fourth-order valence-electron chi connectivity index (χ4n) is 1.49. The summed E-state index contributed by atoms with van der Waals surface area (Å²) in [6.45, 7) is 0.170. The molecule has 0 aliphatic carbocycles. The maximum atomic E-state index is 9.32. The summed E-state index contributed by atoms with van der Waals surface area (Å²) in [5, 5.41) is 10.9. The molecule has 0 fully saturated rings. The average molecular weight is 338 g/mol. The summed E-state index contributed by atoms with van der Waals surface area (Å²) in [6, 6.07) is 7.77. The first-order valence-electron chi connectivity index (χ1n) is 5.22. The van der Waals surface area contributed by atoms with Crippen LogP contribution in [0.4, 0.5) is 0 Å². The van der Waals surface area contributed by atoms with E-state index in [1.54, 1.807) is 18.2 Å². The topological polar surface area (TPSA) is 29.5 Å². The highest BCUT2D eigenvalue weighted by molar-refractivity contribution is 6.37. The number of phenolic OH excluding ortho intramolecular Hbond substituents is 1. The van der Waals surface area contributed by atoms with Crippen LogP contribution >= 0.6 is 46.4 Å². The quantitative estimate of drug-likeness (QED) is 0.791. The first kappa shape index (κ1) is 14.6. The number of aromatic hydroxyl groups is 1. The Bertz CT molecular complexity index is 591. The van der Waals surface area contributed by atoms with E-state index in [0.717, 1.165) is 5.56 Å². The molecule has 6 heteroatoms. The Hall–Kier alpha value is -0.800. The van der Waals surface area contributed by atoms with Crippen molar-refractivity contribution in [2.45, 2.75) is 6.61 Å². The molecule has 2 aromatic carbocycles. The summed E-state index contributed by atoms with van der Waals surface area (Å²) in [5.74, 6) is 0.264. The second-order valence-corrected chi connectivity index (χ2v) is 5.42. The third-order valence-corrected chi connectivity index (χ3v) is 3.53. The van der Waals surface area contributed by atoms with Gasteiger partial charge in [0.05, 0.1) is 10.0 Å². The van der Waals surface area contributed by atoms with Crippen LogP contribution in [0.3, 0.4) is 0 Å². The van der Waals surface area contributed by atoms with Gasteiger partial charge in [-0.2, -0.15) is 0 Å². The highest BCUT2D eigenvalue weighted by Crippen LogP contribution is 2.37. The Balaban J connectivity index is 2.21. The second kappa shape index (κ2) is 6.10. The molecule has 0 aliphatic heterocycles. The van der Waals surface area contributed by atoms with E-state index in [0.29, 0.717) is 10.0 Å². The fraction of sp³-hybridized carbons (Fsp3) is 0.0769. The van der Waals surface area contributed by atoms with Crippen LogP contribution in [-0.4, -0.2) is 5.11 Å². The van der Waals surface area contributed by atoms with Gasteiger partial charge in [0.15, 0.2) is 5.75 Å². The maximum absolute atomic E-state index is 9.32. The molecule has 0 spiro atoms. The molecule has 100 valence electrons. The van der Waals surface area contributed by atoms with Gasteiger partial charge in [-0.25, -0.2) is 0 Å². The van der Waals surface area contributed by atoms with E-state index in [4.69, 9.17) is 51.1 Å². The van der Waals surface area contributed by atoms with Gasteiger partial charge in [0.25, 0.3) is 0 Å². The molecule has 0 atom stereocenters. The van der Waals surface area contributed by atoms with E-state index in [1.165, 1.54) is 12.1 Å². The molecule has 0 unspecified atom stereocenters. The number of hydrogen-bond acceptors (Lipinski definition) is 2. The number of phenols is 1. The first-order chi connectivity index (χ1) is 8.97. The van der Waals surface area contributed by atoms with Gasteiger partial charge in [-0.05, 0) is 18.2 Å². The molecular weight excluding hydrogens is 330 g/mol. The molecule has 0 aliphatic rings. The van der Waals surface area contributed by atoms with Gasteiger partial charge in [0.1, 0.15) is 12.4 Å². The van der Waals surface area contributed by atoms with Crippen LogP contribution in [0.15, 0.2) is 30.3 Å². The van der Waals surface area contributed by atoms with Gasteiger partial charge < -0.3 is 9.84 Å². The summed E-state index contributed by atoms with van der Waals surface area (Å²) in [7, 11) is 0. The standard InChI is InChI=1S/C13H8Cl4O2/c14-8-1-2-10(15)7(3-8)6-19-13-11(16)4-9(18)5-12(13)17/h1-5,18H,6H2. The van der Waals surface area contributed by atoms with Crippen LogP contribution in [0, 0.1) is 0 Å². The third-order valence-electron chi connectivity index (χ3n) is 2.36. The van der Waals surface area contributed by atoms with Crippen LogP contribution in [0.1, 0.15) is 5.56 Å². The maximum Gasteiger partial charge on any atom is 0.157 e. The SMILES string of the molecule is Oc1cc(Cl)c(OCc2cc(Cl)ccc2Cl)c(Cl)c1. The number of halogens is 4. The Morgan fingerprint density at radius 1 is 0.895 bits per heavy atom. The van der Waals surface area contributed by atoms with Gasteiger partial charge in [-0.1, -0.05) is 46.4 Å². The van der Waals surface area contributed by atoms with E-state index in [2.05, 4.69) is 0 Å². The van der Waals surface area contributed by atoms with E-state index >= 15 is 0 Å². The summed E-state index contributed by atoms with van der Waals surface area (Å²) >= 11 is 23.8. The van der Waals surface area contributed by atoms with Crippen molar-refractivity contribution < 1.29 is 9.84 Å². The average Bonchev–Trinajstić information content (AvgIpc) is 2.32. The largest absolute Gasteiger partial charge is 0.508 e. The van der Waals surface area contributed by atoms with Gasteiger partial charge in [-0.3, -0.25) is 0 Å². The lowest BCUT2D eigenvalue weighted by Crippen LogP contribution is -1.97. The highest BCUT2D eigenvalue weighted by Gasteiger charge is 2.11. The predicted octanol–water partition coefficient (Wildman–Crippen LogP) is 5.58. The zero-order chi connectivity index (χ0) is 14.0. The molecule has 0 bridgehead atoms.